The lowest BCUT2D eigenvalue weighted by molar-refractivity contribution is -0.368. The van der Waals surface area contributed by atoms with Gasteiger partial charge in [-0.1, -0.05) is 6.07 Å². The zero-order chi connectivity index (χ0) is 32.6. The maximum atomic E-state index is 13.6. The zero-order valence-electron chi connectivity index (χ0n) is 25.7. The average molecular weight is 658 g/mol. The molecule has 5 aliphatic rings. The summed E-state index contributed by atoms with van der Waals surface area (Å²) in [4.78, 5) is 14.4. The second kappa shape index (κ2) is 11.6. The van der Waals surface area contributed by atoms with Gasteiger partial charge in [-0.05, 0) is 52.4 Å². The van der Waals surface area contributed by atoms with Crippen LogP contribution < -0.4 is 18.9 Å². The van der Waals surface area contributed by atoms with E-state index in [-0.39, 0.29) is 37.3 Å². The van der Waals surface area contributed by atoms with Crippen molar-refractivity contribution in [2.75, 3.05) is 34.2 Å². The van der Waals surface area contributed by atoms with Crippen molar-refractivity contribution in [3.05, 3.63) is 63.3 Å². The number of phenolic OH excluding ortho intramolecular Hbond substituents is 1. The van der Waals surface area contributed by atoms with Gasteiger partial charge in [0.1, 0.15) is 24.4 Å². The van der Waals surface area contributed by atoms with Crippen LogP contribution in [0.25, 0.3) is 0 Å². The van der Waals surface area contributed by atoms with E-state index >= 15 is 0 Å². The minimum absolute atomic E-state index is 0.0288. The molecule has 46 heavy (non-hydrogen) atoms. The van der Waals surface area contributed by atoms with Crippen molar-refractivity contribution >= 4 is 17.3 Å². The Morgan fingerprint density at radius 1 is 0.957 bits per heavy atom. The molecule has 0 unspecified atom stereocenters. The highest BCUT2D eigenvalue weighted by Gasteiger charge is 2.56. The van der Waals surface area contributed by atoms with E-state index in [1.807, 2.05) is 17.5 Å². The number of rotatable bonds is 6. The van der Waals surface area contributed by atoms with Gasteiger partial charge < -0.3 is 58.0 Å². The van der Waals surface area contributed by atoms with Crippen molar-refractivity contribution in [3.63, 3.8) is 0 Å². The highest BCUT2D eigenvalue weighted by molar-refractivity contribution is 7.10. The number of hydrogen-bond acceptors (Lipinski definition) is 14. The number of aliphatic hydroxyl groups is 2. The fraction of sp³-hybridized carbons (Fsp3) is 0.469. The number of aromatic hydroxyl groups is 1. The first kappa shape index (κ1) is 28.6. The molecule has 8 rings (SSSR count). The first-order chi connectivity index (χ1) is 22.7. The summed E-state index contributed by atoms with van der Waals surface area (Å²) in [7, 11) is 2.77. The molecule has 1 aliphatic carbocycles. The van der Waals surface area contributed by atoms with Crippen LogP contribution in [0.15, 0.2) is 41.8 Å². The van der Waals surface area contributed by atoms with Crippen molar-refractivity contribution in [1.82, 2.24) is 0 Å². The third-order valence-corrected chi connectivity index (χ3v) is 10.0. The Labute approximate surface area is 268 Å². The van der Waals surface area contributed by atoms with Crippen LogP contribution in [0.3, 0.4) is 0 Å². The molecule has 3 N–H and O–H groups in total. The van der Waals surface area contributed by atoms with Crippen LogP contribution in [0.5, 0.6) is 28.7 Å². The minimum atomic E-state index is -1.95. The van der Waals surface area contributed by atoms with E-state index < -0.39 is 66.8 Å². The minimum Gasteiger partial charge on any atom is -0.502 e. The van der Waals surface area contributed by atoms with E-state index in [2.05, 4.69) is 0 Å². The predicted molar refractivity (Wildman–Crippen MR) is 156 cm³/mol. The Morgan fingerprint density at radius 2 is 1.70 bits per heavy atom. The molecule has 13 nitrogen and oxygen atoms in total. The lowest BCUT2D eigenvalue weighted by atomic mass is 9.66. The molecule has 0 amide bonds. The summed E-state index contributed by atoms with van der Waals surface area (Å²) in [6, 6.07) is 10.2. The fourth-order valence-electron chi connectivity index (χ4n) is 6.94. The van der Waals surface area contributed by atoms with Crippen molar-refractivity contribution in [3.8, 4) is 28.7 Å². The number of esters is 1. The van der Waals surface area contributed by atoms with Gasteiger partial charge in [-0.3, -0.25) is 4.79 Å². The number of aliphatic hydroxyl groups excluding tert-OH is 2. The molecule has 10 atom stereocenters. The van der Waals surface area contributed by atoms with Crippen LogP contribution in [0.1, 0.15) is 41.3 Å². The summed E-state index contributed by atoms with van der Waals surface area (Å²) in [5.74, 6) is -3.83. The largest absolute Gasteiger partial charge is 0.502 e. The number of cyclic esters (lactones) is 1. The van der Waals surface area contributed by atoms with E-state index in [4.69, 9.17) is 42.6 Å². The lowest BCUT2D eigenvalue weighted by Gasteiger charge is -2.48. The van der Waals surface area contributed by atoms with Gasteiger partial charge in [-0.15, -0.1) is 11.3 Å². The Morgan fingerprint density at radius 3 is 2.39 bits per heavy atom. The summed E-state index contributed by atoms with van der Waals surface area (Å²) >= 11 is 1.45. The van der Waals surface area contributed by atoms with Gasteiger partial charge in [0.2, 0.25) is 12.5 Å². The molecule has 14 heteroatoms. The number of hydrogen-bond donors (Lipinski definition) is 3. The van der Waals surface area contributed by atoms with Gasteiger partial charge in [-0.25, -0.2) is 0 Å². The normalized spacial score (nSPS) is 36.2. The molecule has 5 heterocycles. The summed E-state index contributed by atoms with van der Waals surface area (Å²) in [6.45, 7) is -0.133. The number of ether oxygens (including phenoxy) is 9. The fourth-order valence-corrected chi connectivity index (χ4v) is 7.64. The number of carbonyl (C=O) groups is 1. The molecule has 0 bridgehead atoms. The number of thiophene rings is 1. The summed E-state index contributed by atoms with van der Waals surface area (Å²) in [5, 5.41) is 35.0. The number of carbonyl (C=O) groups excluding carboxylic acids is 1. The van der Waals surface area contributed by atoms with Gasteiger partial charge in [0.15, 0.2) is 35.6 Å². The average Bonchev–Trinajstić information content (AvgIpc) is 3.84. The second-order valence-electron chi connectivity index (χ2n) is 11.6. The number of phenols is 1. The number of fused-ring (bicyclic) bond motifs is 4. The quantitative estimate of drug-likeness (QED) is 0.333. The van der Waals surface area contributed by atoms with Gasteiger partial charge in [0.25, 0.3) is 0 Å². The molecular formula is C32H32O13S. The molecule has 3 saturated heterocycles. The highest BCUT2D eigenvalue weighted by Crippen LogP contribution is 2.57. The lowest BCUT2D eigenvalue weighted by Crippen LogP contribution is -2.62. The number of benzene rings is 2. The molecule has 3 aromatic rings. The standard InChI is InChI=1S/C32H32O13S/c1-37-19-6-13(7-20(38-2)25(19)33)23-14-8-17-18(42-12-41-17)9-15(14)28(16-10-39-30(36)24(16)23)44-32-27(35)26(34)29-21(43-32)11-40-31(45-29)22-4-3-5-46-22/h3-9,16,21,23-24,26-29,31-35H,10-12H2,1-2H3/t16-,21+,23+,24-,26+,27+,28+,29+,31+,32-/m0/s1/i24D. The summed E-state index contributed by atoms with van der Waals surface area (Å²) < 4.78 is 62.1. The Balaban J connectivity index is 1.18. The summed E-state index contributed by atoms with van der Waals surface area (Å²) in [6.07, 6.45) is -7.74. The van der Waals surface area contributed by atoms with E-state index in [9.17, 15) is 21.5 Å². The van der Waals surface area contributed by atoms with E-state index in [0.717, 1.165) is 4.88 Å². The first-order valence-electron chi connectivity index (χ1n) is 15.3. The molecule has 0 radical (unpaired) electrons. The van der Waals surface area contributed by atoms with Crippen molar-refractivity contribution in [2.45, 2.75) is 49.0 Å². The first-order valence-corrected chi connectivity index (χ1v) is 15.6. The Hall–Kier alpha value is -3.63. The Kier molecular flexibility index (Phi) is 7.18. The third kappa shape index (κ3) is 4.70. The van der Waals surface area contributed by atoms with Crippen molar-refractivity contribution < 1.29 is 64.1 Å². The molecule has 2 aromatic carbocycles. The van der Waals surface area contributed by atoms with Crippen LogP contribution >= 0.6 is 11.3 Å². The van der Waals surface area contributed by atoms with E-state index in [1.165, 1.54) is 25.6 Å². The van der Waals surface area contributed by atoms with Gasteiger partial charge in [0.05, 0.1) is 44.3 Å². The molecule has 4 aliphatic heterocycles. The number of methoxy groups -OCH3 is 2. The molecule has 0 saturated carbocycles. The monoisotopic (exact) mass is 657 g/mol. The Bertz CT molecular complexity index is 1660. The van der Waals surface area contributed by atoms with Crippen LogP contribution in [-0.4, -0.2) is 86.2 Å². The van der Waals surface area contributed by atoms with Crippen LogP contribution in [0, 0.1) is 11.8 Å². The van der Waals surface area contributed by atoms with Crippen LogP contribution in [-0.2, 0) is 28.5 Å². The van der Waals surface area contributed by atoms with E-state index in [0.29, 0.717) is 28.2 Å². The van der Waals surface area contributed by atoms with Crippen LogP contribution in [0.4, 0.5) is 0 Å². The van der Waals surface area contributed by atoms with Crippen molar-refractivity contribution in [2.24, 2.45) is 11.8 Å². The van der Waals surface area contributed by atoms with Crippen molar-refractivity contribution in [1.29, 1.82) is 0 Å². The predicted octanol–water partition coefficient (Wildman–Crippen LogP) is 2.75. The maximum absolute atomic E-state index is 13.6. The van der Waals surface area contributed by atoms with Gasteiger partial charge in [-0.2, -0.15) is 0 Å². The molecule has 1 aromatic heterocycles. The van der Waals surface area contributed by atoms with Gasteiger partial charge >= 0.3 is 5.97 Å². The topological polar surface area (TPSA) is 161 Å². The zero-order valence-corrected chi connectivity index (χ0v) is 25.5. The summed E-state index contributed by atoms with van der Waals surface area (Å²) in [5.41, 5.74) is 1.47. The second-order valence-corrected chi connectivity index (χ2v) is 12.5. The molecule has 3 fully saturated rings. The molecular weight excluding hydrogens is 624 g/mol. The SMILES string of the molecule is [2H][C@]12C(=O)OC[C@@H]1[C@H](O[C@@H]1O[C@@H]3CO[C@@H](c4cccs4)O[C@H]3[C@H](O)[C@H]1O)c1cc3c(cc1[C@H]2c1cc(OC)c(O)c(OC)c1)OCO3. The maximum Gasteiger partial charge on any atom is 0.310 e. The smallest absolute Gasteiger partial charge is 0.310 e. The van der Waals surface area contributed by atoms with E-state index in [1.54, 1.807) is 24.3 Å². The third-order valence-electron chi connectivity index (χ3n) is 9.13. The highest BCUT2D eigenvalue weighted by atomic mass is 32.1. The van der Waals surface area contributed by atoms with Crippen LogP contribution in [0.2, 0.25) is 0 Å². The molecule has 0 spiro atoms. The molecule has 244 valence electrons. The van der Waals surface area contributed by atoms with Gasteiger partial charge in [0, 0.05) is 13.2 Å².